The Labute approximate surface area is 93.3 Å². The highest BCUT2D eigenvalue weighted by molar-refractivity contribution is 5.90. The predicted molar refractivity (Wildman–Crippen MR) is 57.7 cm³/mol. The Morgan fingerprint density at radius 2 is 2.31 bits per heavy atom. The fraction of sp³-hybridized carbons (Fsp3) is 0.500. The zero-order valence-electron chi connectivity index (χ0n) is 9.57. The molecule has 0 amide bonds. The third-order valence-electron chi connectivity index (χ3n) is 2.36. The molecule has 16 heavy (non-hydrogen) atoms. The van der Waals surface area contributed by atoms with Crippen LogP contribution < -0.4 is 5.32 Å². The molecule has 1 aliphatic heterocycles. The van der Waals surface area contributed by atoms with Crippen LogP contribution in [0.1, 0.15) is 19.7 Å². The van der Waals surface area contributed by atoms with Crippen LogP contribution in [0.5, 0.6) is 0 Å². The molecule has 1 aromatic rings. The molecule has 1 N–H and O–H groups in total. The second-order valence-electron chi connectivity index (χ2n) is 3.59. The summed E-state index contributed by atoms with van der Waals surface area (Å²) in [6.07, 6.45) is 0. The SMILES string of the molecule is CCOC(=O)C1=C(C)Nc2nc(C)nn2C1. The molecule has 0 unspecified atom stereocenters. The van der Waals surface area contributed by atoms with Crippen molar-refractivity contribution in [1.82, 2.24) is 14.8 Å². The lowest BCUT2D eigenvalue weighted by Gasteiger charge is -2.18. The number of anilines is 1. The lowest BCUT2D eigenvalue weighted by molar-refractivity contribution is -0.138. The zero-order valence-corrected chi connectivity index (χ0v) is 9.57. The largest absolute Gasteiger partial charge is 0.463 e. The minimum absolute atomic E-state index is 0.300. The van der Waals surface area contributed by atoms with Crippen LogP contribution in [0.4, 0.5) is 5.95 Å². The lowest BCUT2D eigenvalue weighted by Crippen LogP contribution is -2.23. The molecule has 6 heteroatoms. The molecule has 0 fully saturated rings. The Kier molecular flexibility index (Phi) is 2.64. The highest BCUT2D eigenvalue weighted by Gasteiger charge is 2.23. The third kappa shape index (κ3) is 1.78. The van der Waals surface area contributed by atoms with E-state index in [-0.39, 0.29) is 5.97 Å². The Morgan fingerprint density at radius 3 is 3.00 bits per heavy atom. The number of allylic oxidation sites excluding steroid dienone is 1. The first-order chi connectivity index (χ1) is 7.61. The third-order valence-corrected chi connectivity index (χ3v) is 2.36. The van der Waals surface area contributed by atoms with Gasteiger partial charge in [-0.2, -0.15) is 10.1 Å². The average molecular weight is 222 g/mol. The summed E-state index contributed by atoms with van der Waals surface area (Å²) in [6.45, 7) is 6.22. The van der Waals surface area contributed by atoms with Crippen LogP contribution in [0.15, 0.2) is 11.3 Å². The van der Waals surface area contributed by atoms with Gasteiger partial charge >= 0.3 is 5.97 Å². The predicted octanol–water partition coefficient (Wildman–Crippen LogP) is 0.849. The normalized spacial score (nSPS) is 14.4. The first-order valence-corrected chi connectivity index (χ1v) is 5.17. The van der Waals surface area contributed by atoms with Crippen molar-refractivity contribution in [2.24, 2.45) is 0 Å². The monoisotopic (exact) mass is 222 g/mol. The number of hydrogen-bond acceptors (Lipinski definition) is 5. The first-order valence-electron chi connectivity index (χ1n) is 5.17. The molecular weight excluding hydrogens is 208 g/mol. The quantitative estimate of drug-likeness (QED) is 0.751. The van der Waals surface area contributed by atoms with E-state index in [4.69, 9.17) is 4.74 Å². The van der Waals surface area contributed by atoms with Crippen LogP contribution >= 0.6 is 0 Å². The highest BCUT2D eigenvalue weighted by Crippen LogP contribution is 2.20. The standard InChI is InChI=1S/C10H14N4O2/c1-4-16-9(15)8-5-14-10(11-6(8)2)12-7(3)13-14/h4-5H2,1-3H3,(H,11,12,13). The van der Waals surface area contributed by atoms with Gasteiger partial charge in [0.1, 0.15) is 5.82 Å². The van der Waals surface area contributed by atoms with Crippen LogP contribution in [0.25, 0.3) is 0 Å². The summed E-state index contributed by atoms with van der Waals surface area (Å²) in [7, 11) is 0. The zero-order chi connectivity index (χ0) is 11.7. The number of rotatable bonds is 2. The van der Waals surface area contributed by atoms with Crippen molar-refractivity contribution in [3.63, 3.8) is 0 Å². The number of nitrogens with zero attached hydrogens (tertiary/aromatic N) is 3. The fourth-order valence-electron chi connectivity index (χ4n) is 1.61. The van der Waals surface area contributed by atoms with Crippen molar-refractivity contribution in [1.29, 1.82) is 0 Å². The molecule has 0 radical (unpaired) electrons. The molecular formula is C10H14N4O2. The van der Waals surface area contributed by atoms with Gasteiger partial charge in [-0.1, -0.05) is 0 Å². The molecule has 2 heterocycles. The summed E-state index contributed by atoms with van der Waals surface area (Å²) in [5.74, 6) is 1.05. The van der Waals surface area contributed by atoms with Crippen LogP contribution in [-0.2, 0) is 16.1 Å². The Morgan fingerprint density at radius 1 is 1.56 bits per heavy atom. The average Bonchev–Trinajstić information content (AvgIpc) is 2.56. The fourth-order valence-corrected chi connectivity index (χ4v) is 1.61. The number of aryl methyl sites for hydroxylation is 1. The molecule has 6 nitrogen and oxygen atoms in total. The van der Waals surface area contributed by atoms with E-state index in [1.165, 1.54) is 0 Å². The second kappa shape index (κ2) is 3.96. The molecule has 0 spiro atoms. The van der Waals surface area contributed by atoms with Crippen molar-refractivity contribution < 1.29 is 9.53 Å². The van der Waals surface area contributed by atoms with E-state index in [1.807, 2.05) is 13.8 Å². The number of hydrogen-bond donors (Lipinski definition) is 1. The Bertz CT molecular complexity index is 461. The summed E-state index contributed by atoms with van der Waals surface area (Å²) in [5.41, 5.74) is 1.37. The number of nitrogens with one attached hydrogen (secondary N) is 1. The van der Waals surface area contributed by atoms with Crippen molar-refractivity contribution in [2.75, 3.05) is 11.9 Å². The number of fused-ring (bicyclic) bond motifs is 1. The molecule has 0 saturated carbocycles. The van der Waals surface area contributed by atoms with Crippen molar-refractivity contribution in [3.8, 4) is 0 Å². The van der Waals surface area contributed by atoms with Gasteiger partial charge in [0.2, 0.25) is 5.95 Å². The van der Waals surface area contributed by atoms with Crippen LogP contribution in [0, 0.1) is 6.92 Å². The van der Waals surface area contributed by atoms with Gasteiger partial charge in [0, 0.05) is 5.70 Å². The molecule has 1 aromatic heterocycles. The maximum atomic E-state index is 11.6. The van der Waals surface area contributed by atoms with Crippen LogP contribution in [0.2, 0.25) is 0 Å². The van der Waals surface area contributed by atoms with E-state index < -0.39 is 0 Å². The topological polar surface area (TPSA) is 69.0 Å². The van der Waals surface area contributed by atoms with E-state index in [9.17, 15) is 4.79 Å². The van der Waals surface area contributed by atoms with Gasteiger partial charge in [-0.25, -0.2) is 9.48 Å². The summed E-state index contributed by atoms with van der Waals surface area (Å²) >= 11 is 0. The lowest BCUT2D eigenvalue weighted by atomic mass is 10.2. The minimum Gasteiger partial charge on any atom is -0.463 e. The van der Waals surface area contributed by atoms with Crippen molar-refractivity contribution in [3.05, 3.63) is 17.1 Å². The minimum atomic E-state index is -0.300. The van der Waals surface area contributed by atoms with Gasteiger partial charge < -0.3 is 10.1 Å². The second-order valence-corrected chi connectivity index (χ2v) is 3.59. The molecule has 2 rings (SSSR count). The Hall–Kier alpha value is -1.85. The number of aromatic nitrogens is 3. The summed E-state index contributed by atoms with van der Waals surface area (Å²) < 4.78 is 6.64. The van der Waals surface area contributed by atoms with E-state index in [0.717, 1.165) is 5.70 Å². The number of ether oxygens (including phenoxy) is 1. The molecule has 0 aromatic carbocycles. The van der Waals surface area contributed by atoms with Gasteiger partial charge in [-0.15, -0.1) is 0 Å². The van der Waals surface area contributed by atoms with E-state index in [0.29, 0.717) is 30.5 Å². The van der Waals surface area contributed by atoms with Crippen LogP contribution in [-0.4, -0.2) is 27.3 Å². The Balaban J connectivity index is 2.25. The van der Waals surface area contributed by atoms with Gasteiger partial charge in [0.25, 0.3) is 0 Å². The molecule has 0 aliphatic carbocycles. The van der Waals surface area contributed by atoms with E-state index in [2.05, 4.69) is 15.4 Å². The van der Waals surface area contributed by atoms with Crippen molar-refractivity contribution >= 4 is 11.9 Å². The molecule has 1 aliphatic rings. The van der Waals surface area contributed by atoms with Crippen LogP contribution in [0.3, 0.4) is 0 Å². The van der Waals surface area contributed by atoms with E-state index >= 15 is 0 Å². The van der Waals surface area contributed by atoms with Gasteiger partial charge in [0.15, 0.2) is 0 Å². The molecule has 86 valence electrons. The maximum Gasteiger partial charge on any atom is 0.337 e. The van der Waals surface area contributed by atoms with E-state index in [1.54, 1.807) is 11.6 Å². The highest BCUT2D eigenvalue weighted by atomic mass is 16.5. The molecule has 0 atom stereocenters. The number of esters is 1. The first kappa shape index (κ1) is 10.7. The van der Waals surface area contributed by atoms with Gasteiger partial charge in [0.05, 0.1) is 18.7 Å². The molecule has 0 saturated heterocycles. The number of carbonyl (C=O) groups is 1. The smallest absolute Gasteiger partial charge is 0.337 e. The summed E-state index contributed by atoms with van der Waals surface area (Å²) in [6, 6.07) is 0. The van der Waals surface area contributed by atoms with Crippen molar-refractivity contribution in [2.45, 2.75) is 27.3 Å². The van der Waals surface area contributed by atoms with Gasteiger partial charge in [-0.3, -0.25) is 0 Å². The summed E-state index contributed by atoms with van der Waals surface area (Å²) in [4.78, 5) is 15.8. The maximum absolute atomic E-state index is 11.6. The molecule has 0 bridgehead atoms. The van der Waals surface area contributed by atoms with Gasteiger partial charge in [-0.05, 0) is 20.8 Å². The summed E-state index contributed by atoms with van der Waals surface area (Å²) in [5, 5.41) is 7.22. The number of carbonyl (C=O) groups excluding carboxylic acids is 1.